The predicted octanol–water partition coefficient (Wildman–Crippen LogP) is 2.10. The lowest BCUT2D eigenvalue weighted by atomic mass is 9.93. The van der Waals surface area contributed by atoms with Crippen LogP contribution in [0.2, 0.25) is 0 Å². The van der Waals surface area contributed by atoms with Crippen molar-refractivity contribution in [2.75, 3.05) is 13.6 Å². The summed E-state index contributed by atoms with van der Waals surface area (Å²) in [5.74, 6) is 0. The van der Waals surface area contributed by atoms with E-state index in [9.17, 15) is 4.79 Å². The first-order valence-corrected chi connectivity index (χ1v) is 5.16. The van der Waals surface area contributed by atoms with Crippen LogP contribution in [0.3, 0.4) is 0 Å². The Kier molecular flexibility index (Phi) is 3.17. The summed E-state index contributed by atoms with van der Waals surface area (Å²) in [5.41, 5.74) is 0.913. The van der Waals surface area contributed by atoms with E-state index in [2.05, 4.69) is 25.8 Å². The molecule has 0 aliphatic carbocycles. The van der Waals surface area contributed by atoms with E-state index in [0.29, 0.717) is 6.54 Å². The first kappa shape index (κ1) is 11.8. The minimum absolute atomic E-state index is 0.0175. The SMILES string of the molecule is CCN(C)C(=O)n1cnc(C(C)(C)C)c1. The van der Waals surface area contributed by atoms with Crippen LogP contribution in [0.25, 0.3) is 0 Å². The third-order valence-corrected chi connectivity index (χ3v) is 2.37. The average molecular weight is 209 g/mol. The van der Waals surface area contributed by atoms with Gasteiger partial charge in [0.1, 0.15) is 6.33 Å². The van der Waals surface area contributed by atoms with Crippen LogP contribution in [0, 0.1) is 0 Å². The van der Waals surface area contributed by atoms with Gasteiger partial charge in [-0.15, -0.1) is 0 Å². The van der Waals surface area contributed by atoms with Crippen LogP contribution in [0.4, 0.5) is 4.79 Å². The van der Waals surface area contributed by atoms with Crippen molar-refractivity contribution in [2.24, 2.45) is 0 Å². The second-order valence-electron chi connectivity index (χ2n) is 4.71. The van der Waals surface area contributed by atoms with Crippen molar-refractivity contribution < 1.29 is 4.79 Å². The number of carbonyl (C=O) groups is 1. The first-order valence-electron chi connectivity index (χ1n) is 5.16. The fourth-order valence-corrected chi connectivity index (χ4v) is 1.15. The molecular weight excluding hydrogens is 190 g/mol. The van der Waals surface area contributed by atoms with Gasteiger partial charge in [0.25, 0.3) is 0 Å². The van der Waals surface area contributed by atoms with E-state index in [4.69, 9.17) is 0 Å². The molecule has 1 heterocycles. The van der Waals surface area contributed by atoms with Gasteiger partial charge in [-0.1, -0.05) is 20.8 Å². The largest absolute Gasteiger partial charge is 0.329 e. The predicted molar refractivity (Wildman–Crippen MR) is 60.0 cm³/mol. The molecule has 15 heavy (non-hydrogen) atoms. The van der Waals surface area contributed by atoms with Crippen molar-refractivity contribution in [1.29, 1.82) is 0 Å². The zero-order chi connectivity index (χ0) is 11.6. The molecule has 0 N–H and O–H groups in total. The highest BCUT2D eigenvalue weighted by atomic mass is 16.2. The summed E-state index contributed by atoms with van der Waals surface area (Å²) < 4.78 is 1.53. The fourth-order valence-electron chi connectivity index (χ4n) is 1.15. The standard InChI is InChI=1S/C11H19N3O/c1-6-13(5)10(15)14-7-9(12-8-14)11(2,3)4/h7-8H,6H2,1-5H3. The molecule has 0 atom stereocenters. The van der Waals surface area contributed by atoms with Crippen LogP contribution in [0.5, 0.6) is 0 Å². The Bertz CT molecular complexity index is 349. The Morgan fingerprint density at radius 2 is 2.13 bits per heavy atom. The van der Waals surface area contributed by atoms with E-state index in [-0.39, 0.29) is 11.4 Å². The lowest BCUT2D eigenvalue weighted by Crippen LogP contribution is -2.30. The molecule has 4 nitrogen and oxygen atoms in total. The van der Waals surface area contributed by atoms with Crippen molar-refractivity contribution in [1.82, 2.24) is 14.5 Å². The average Bonchev–Trinajstić information content (AvgIpc) is 2.63. The maximum absolute atomic E-state index is 11.8. The number of imidazole rings is 1. The van der Waals surface area contributed by atoms with E-state index < -0.39 is 0 Å². The van der Waals surface area contributed by atoms with Gasteiger partial charge in [-0.25, -0.2) is 9.78 Å². The number of amides is 1. The third-order valence-electron chi connectivity index (χ3n) is 2.37. The minimum atomic E-state index is -0.0412. The summed E-state index contributed by atoms with van der Waals surface area (Å²) in [6.45, 7) is 8.87. The molecule has 1 rings (SSSR count). The smallest absolute Gasteiger partial charge is 0.327 e. The van der Waals surface area contributed by atoms with Crippen LogP contribution in [0.1, 0.15) is 33.4 Å². The minimum Gasteiger partial charge on any atom is -0.327 e. The van der Waals surface area contributed by atoms with Gasteiger partial charge in [-0.2, -0.15) is 0 Å². The number of hydrogen-bond acceptors (Lipinski definition) is 2. The molecule has 1 aromatic heterocycles. The van der Waals surface area contributed by atoms with Gasteiger partial charge in [-0.3, -0.25) is 4.57 Å². The highest BCUT2D eigenvalue weighted by molar-refractivity contribution is 5.76. The number of carbonyl (C=O) groups excluding carboxylic acids is 1. The second-order valence-corrected chi connectivity index (χ2v) is 4.71. The monoisotopic (exact) mass is 209 g/mol. The molecule has 1 amide bonds. The quantitative estimate of drug-likeness (QED) is 0.710. The molecule has 4 heteroatoms. The Morgan fingerprint density at radius 3 is 2.53 bits per heavy atom. The molecule has 0 spiro atoms. The maximum Gasteiger partial charge on any atom is 0.329 e. The first-order chi connectivity index (χ1) is 6.86. The molecule has 0 radical (unpaired) electrons. The Hall–Kier alpha value is -1.32. The lowest BCUT2D eigenvalue weighted by Gasteiger charge is -2.15. The van der Waals surface area contributed by atoms with E-state index in [0.717, 1.165) is 5.69 Å². The highest BCUT2D eigenvalue weighted by Crippen LogP contribution is 2.19. The molecular formula is C11H19N3O. The third kappa shape index (κ3) is 2.58. The molecule has 0 saturated carbocycles. The van der Waals surface area contributed by atoms with Crippen molar-refractivity contribution in [3.05, 3.63) is 18.2 Å². The summed E-state index contributed by atoms with van der Waals surface area (Å²) >= 11 is 0. The molecule has 0 bridgehead atoms. The molecule has 0 saturated heterocycles. The van der Waals surface area contributed by atoms with Gasteiger partial charge < -0.3 is 4.90 Å². The van der Waals surface area contributed by atoms with Crippen LogP contribution >= 0.6 is 0 Å². The zero-order valence-corrected chi connectivity index (χ0v) is 10.1. The van der Waals surface area contributed by atoms with Gasteiger partial charge in [0, 0.05) is 25.2 Å². The number of hydrogen-bond donors (Lipinski definition) is 0. The highest BCUT2D eigenvalue weighted by Gasteiger charge is 2.18. The second kappa shape index (κ2) is 4.04. The van der Waals surface area contributed by atoms with Crippen LogP contribution in [0.15, 0.2) is 12.5 Å². The summed E-state index contributed by atoms with van der Waals surface area (Å²) in [6.07, 6.45) is 3.38. The van der Waals surface area contributed by atoms with Gasteiger partial charge in [-0.05, 0) is 6.92 Å². The summed E-state index contributed by atoms with van der Waals surface area (Å²) in [6, 6.07) is -0.0412. The molecule has 0 aliphatic rings. The van der Waals surface area contributed by atoms with Crippen molar-refractivity contribution >= 4 is 6.03 Å². The molecule has 0 aliphatic heterocycles. The van der Waals surface area contributed by atoms with Gasteiger partial charge in [0.15, 0.2) is 0 Å². The number of rotatable bonds is 1. The molecule has 1 aromatic rings. The molecule has 0 fully saturated rings. The van der Waals surface area contributed by atoms with E-state index in [1.807, 2.05) is 6.92 Å². The molecule has 84 valence electrons. The number of aromatic nitrogens is 2. The Labute approximate surface area is 90.9 Å². The van der Waals surface area contributed by atoms with E-state index in [1.54, 1.807) is 24.5 Å². The van der Waals surface area contributed by atoms with E-state index in [1.165, 1.54) is 4.57 Å². The Balaban J connectivity index is 2.90. The van der Waals surface area contributed by atoms with Crippen molar-refractivity contribution in [3.63, 3.8) is 0 Å². The summed E-state index contributed by atoms with van der Waals surface area (Å²) in [4.78, 5) is 17.7. The van der Waals surface area contributed by atoms with Crippen LogP contribution in [-0.2, 0) is 5.41 Å². The van der Waals surface area contributed by atoms with Gasteiger partial charge in [0.2, 0.25) is 0 Å². The topological polar surface area (TPSA) is 38.1 Å². The molecule has 0 unspecified atom stereocenters. The normalized spacial score (nSPS) is 11.5. The molecule has 0 aromatic carbocycles. The maximum atomic E-state index is 11.8. The van der Waals surface area contributed by atoms with Crippen molar-refractivity contribution in [3.8, 4) is 0 Å². The van der Waals surface area contributed by atoms with Crippen LogP contribution < -0.4 is 0 Å². The Morgan fingerprint density at radius 1 is 1.53 bits per heavy atom. The zero-order valence-electron chi connectivity index (χ0n) is 10.1. The van der Waals surface area contributed by atoms with Crippen LogP contribution in [-0.4, -0.2) is 34.1 Å². The summed E-state index contributed by atoms with van der Waals surface area (Å²) in [7, 11) is 1.78. The van der Waals surface area contributed by atoms with Crippen molar-refractivity contribution in [2.45, 2.75) is 33.1 Å². The lowest BCUT2D eigenvalue weighted by molar-refractivity contribution is 0.212. The van der Waals surface area contributed by atoms with Gasteiger partial charge >= 0.3 is 6.03 Å². The fraction of sp³-hybridized carbons (Fsp3) is 0.636. The summed E-state index contributed by atoms with van der Waals surface area (Å²) in [5, 5.41) is 0. The van der Waals surface area contributed by atoms with Gasteiger partial charge in [0.05, 0.1) is 5.69 Å². The van der Waals surface area contributed by atoms with E-state index >= 15 is 0 Å². The number of nitrogens with zero attached hydrogens (tertiary/aromatic N) is 3.